The molecule has 1 aliphatic rings. The smallest absolute Gasteiger partial charge is 0.335 e. The van der Waals surface area contributed by atoms with Crippen LogP contribution in [-0.2, 0) is 10.1 Å². The second-order valence-corrected chi connectivity index (χ2v) is 9.86. The van der Waals surface area contributed by atoms with Crippen LogP contribution >= 0.6 is 0 Å². The number of carbonyl (C=O) groups is 2. The van der Waals surface area contributed by atoms with Gasteiger partial charge in [-0.05, 0) is 54.5 Å². The zero-order valence-electron chi connectivity index (χ0n) is 21.1. The number of carboxylic acid groups (broad SMARTS) is 2. The lowest BCUT2D eigenvalue weighted by molar-refractivity contribution is 0.0686. The fourth-order valence-corrected chi connectivity index (χ4v) is 4.29. The first kappa shape index (κ1) is 29.9. The van der Waals surface area contributed by atoms with E-state index in [9.17, 15) is 33.6 Å². The summed E-state index contributed by atoms with van der Waals surface area (Å²) in [5, 5.41) is 37.7. The predicted molar refractivity (Wildman–Crippen MR) is 146 cm³/mol. The summed E-state index contributed by atoms with van der Waals surface area (Å²) in [6.07, 6.45) is 5.72. The van der Waals surface area contributed by atoms with Crippen LogP contribution in [0, 0.1) is 29.2 Å². The van der Waals surface area contributed by atoms with Crippen LogP contribution in [0.2, 0.25) is 0 Å². The van der Waals surface area contributed by atoms with Crippen molar-refractivity contribution in [2.24, 2.45) is 0 Å². The minimum Gasteiger partial charge on any atom is -0.478 e. The van der Waals surface area contributed by atoms with Gasteiger partial charge >= 0.3 is 11.9 Å². The van der Waals surface area contributed by atoms with Gasteiger partial charge in [0, 0.05) is 12.1 Å². The lowest BCUT2D eigenvalue weighted by Crippen LogP contribution is -2.23. The van der Waals surface area contributed by atoms with Crippen LogP contribution in [0.5, 0.6) is 5.75 Å². The highest BCUT2D eigenvalue weighted by Crippen LogP contribution is 2.40. The molecule has 3 rings (SSSR count). The van der Waals surface area contributed by atoms with Crippen molar-refractivity contribution in [1.82, 2.24) is 0 Å². The van der Waals surface area contributed by atoms with Crippen molar-refractivity contribution in [2.75, 3.05) is 17.2 Å². The van der Waals surface area contributed by atoms with Gasteiger partial charge in [-0.15, -0.1) is 0 Å². The number of carboxylic acids is 2. The summed E-state index contributed by atoms with van der Waals surface area (Å²) >= 11 is 0. The lowest BCUT2D eigenvalue weighted by atomic mass is 9.95. The Morgan fingerprint density at radius 3 is 2.20 bits per heavy atom. The second-order valence-electron chi connectivity index (χ2n) is 8.29. The molecule has 13 heteroatoms. The fraction of sp³-hybridized carbons (Fsp3) is 0.107. The summed E-state index contributed by atoms with van der Waals surface area (Å²) in [5.41, 5.74) is 0.210. The second kappa shape index (κ2) is 12.9. The maximum atomic E-state index is 11.4. The normalized spacial score (nSPS) is 14.4. The van der Waals surface area contributed by atoms with Crippen LogP contribution in [0.4, 0.5) is 5.69 Å². The SMILES string of the molecule is [C-]#[N+]C(C#N)=C(C(C#N)=CC=CC=C1Oc2ccc(C(=O)O)cc2N1CCCS(=O)(=O)O)c1ccc(C(=O)O)cc1. The first-order chi connectivity index (χ1) is 19.5. The van der Waals surface area contributed by atoms with Gasteiger partial charge in [0.15, 0.2) is 5.75 Å². The molecule has 2 aromatic carbocycles. The molecule has 0 radical (unpaired) electrons. The third-order valence-corrected chi connectivity index (χ3v) is 6.44. The van der Waals surface area contributed by atoms with Crippen molar-refractivity contribution in [3.05, 3.63) is 112 Å². The van der Waals surface area contributed by atoms with Crippen molar-refractivity contribution >= 4 is 33.3 Å². The lowest BCUT2D eigenvalue weighted by Gasteiger charge is -2.17. The van der Waals surface area contributed by atoms with Crippen molar-refractivity contribution in [3.63, 3.8) is 0 Å². The molecule has 41 heavy (non-hydrogen) atoms. The minimum absolute atomic E-state index is 0.000847. The number of nitrogens with zero attached hydrogens (tertiary/aromatic N) is 4. The van der Waals surface area contributed by atoms with Crippen LogP contribution in [0.25, 0.3) is 10.4 Å². The maximum absolute atomic E-state index is 11.4. The zero-order valence-corrected chi connectivity index (χ0v) is 21.9. The Balaban J connectivity index is 1.96. The van der Waals surface area contributed by atoms with Gasteiger partial charge in [0.1, 0.15) is 0 Å². The number of ether oxygens (including phenoxy) is 1. The number of benzene rings is 2. The third kappa shape index (κ3) is 7.46. The van der Waals surface area contributed by atoms with E-state index in [0.29, 0.717) is 11.4 Å². The molecule has 12 nitrogen and oxygen atoms in total. The first-order valence-electron chi connectivity index (χ1n) is 11.6. The number of fused-ring (bicyclic) bond motifs is 1. The molecule has 0 saturated heterocycles. The Morgan fingerprint density at radius 1 is 1.00 bits per heavy atom. The van der Waals surface area contributed by atoms with E-state index in [-0.39, 0.29) is 52.4 Å². The molecule has 0 spiro atoms. The number of aromatic carboxylic acids is 2. The van der Waals surface area contributed by atoms with Gasteiger partial charge in [-0.2, -0.15) is 13.7 Å². The highest BCUT2D eigenvalue weighted by Gasteiger charge is 2.27. The van der Waals surface area contributed by atoms with Crippen molar-refractivity contribution < 1.29 is 37.5 Å². The van der Waals surface area contributed by atoms with Crippen molar-refractivity contribution in [1.29, 1.82) is 10.5 Å². The van der Waals surface area contributed by atoms with Gasteiger partial charge in [0.05, 0.1) is 46.9 Å². The average Bonchev–Trinajstić information content (AvgIpc) is 3.28. The van der Waals surface area contributed by atoms with Gasteiger partial charge in [-0.25, -0.2) is 19.7 Å². The Labute approximate surface area is 234 Å². The van der Waals surface area contributed by atoms with Crippen molar-refractivity contribution in [2.45, 2.75) is 6.42 Å². The van der Waals surface area contributed by atoms with E-state index in [1.165, 1.54) is 71.7 Å². The molecule has 206 valence electrons. The van der Waals surface area contributed by atoms with Gasteiger partial charge in [-0.1, -0.05) is 24.3 Å². The summed E-state index contributed by atoms with van der Waals surface area (Å²) in [5.74, 6) is -2.34. The Morgan fingerprint density at radius 2 is 1.63 bits per heavy atom. The molecule has 0 amide bonds. The summed E-state index contributed by atoms with van der Waals surface area (Å²) in [4.78, 5) is 27.3. The van der Waals surface area contributed by atoms with E-state index in [1.807, 2.05) is 6.07 Å². The molecule has 0 saturated carbocycles. The van der Waals surface area contributed by atoms with E-state index in [2.05, 4.69) is 4.85 Å². The summed E-state index contributed by atoms with van der Waals surface area (Å²) in [6, 6.07) is 13.2. The molecule has 2 aromatic rings. The Kier molecular flexibility index (Phi) is 9.41. The number of nitriles is 2. The monoisotopic (exact) mass is 572 g/mol. The maximum Gasteiger partial charge on any atom is 0.335 e. The topological polar surface area (TPSA) is 193 Å². The predicted octanol–water partition coefficient (Wildman–Crippen LogP) is 4.26. The quantitative estimate of drug-likeness (QED) is 0.159. The molecule has 0 bridgehead atoms. The molecular weight excluding hydrogens is 552 g/mol. The van der Waals surface area contributed by atoms with Crippen LogP contribution in [-0.4, -0.2) is 47.4 Å². The van der Waals surface area contributed by atoms with Crippen LogP contribution in [0.3, 0.4) is 0 Å². The van der Waals surface area contributed by atoms with E-state index < -0.39 is 27.8 Å². The van der Waals surface area contributed by atoms with Gasteiger partial charge < -0.3 is 19.8 Å². The summed E-state index contributed by atoms with van der Waals surface area (Å²) in [7, 11) is -4.23. The van der Waals surface area contributed by atoms with Crippen LogP contribution in [0.1, 0.15) is 32.7 Å². The Hall–Kier alpha value is -5.68. The molecule has 1 aliphatic heterocycles. The third-order valence-electron chi connectivity index (χ3n) is 5.64. The number of anilines is 1. The highest BCUT2D eigenvalue weighted by molar-refractivity contribution is 7.85. The van der Waals surface area contributed by atoms with Crippen LogP contribution in [0.15, 0.2) is 83.9 Å². The number of hydrogen-bond acceptors (Lipinski definition) is 8. The number of allylic oxidation sites excluding steroid dienone is 7. The molecule has 3 N–H and O–H groups in total. The van der Waals surface area contributed by atoms with Crippen LogP contribution < -0.4 is 9.64 Å². The molecule has 0 unspecified atom stereocenters. The summed E-state index contributed by atoms with van der Waals surface area (Å²) in [6.45, 7) is 7.40. The van der Waals surface area contributed by atoms with E-state index in [4.69, 9.17) is 21.0 Å². The average molecular weight is 573 g/mol. The molecular formula is C28H20N4O8S. The molecule has 0 fully saturated rings. The van der Waals surface area contributed by atoms with Gasteiger partial charge in [0.25, 0.3) is 15.8 Å². The standard InChI is InChI=1S/C28H20N4O8S/c1-31-22(17-30)26(18-7-9-19(10-8-18)27(33)34)21(16-29)5-2-3-6-25-32(13-4-14-41(37,38)39)23-15-20(28(35)36)11-12-24(23)40-25/h2-3,5-12,15H,4,13-14H2,(H,33,34)(H,35,36)(H,37,38,39). The molecule has 0 aliphatic carbocycles. The molecule has 0 aromatic heterocycles. The number of rotatable bonds is 10. The van der Waals surface area contributed by atoms with Gasteiger partial charge in [-0.3, -0.25) is 4.55 Å². The molecule has 1 heterocycles. The zero-order chi connectivity index (χ0) is 30.2. The Bertz CT molecular complexity index is 1730. The first-order valence-corrected chi connectivity index (χ1v) is 13.2. The van der Waals surface area contributed by atoms with E-state index >= 15 is 0 Å². The van der Waals surface area contributed by atoms with E-state index in [0.717, 1.165) is 0 Å². The van der Waals surface area contributed by atoms with E-state index in [1.54, 1.807) is 6.07 Å². The fourth-order valence-electron chi connectivity index (χ4n) is 3.80. The largest absolute Gasteiger partial charge is 0.478 e. The van der Waals surface area contributed by atoms with Crippen molar-refractivity contribution in [3.8, 4) is 17.9 Å². The number of hydrogen-bond donors (Lipinski definition) is 3. The highest BCUT2D eigenvalue weighted by atomic mass is 32.2. The van der Waals surface area contributed by atoms with Gasteiger partial charge in [0.2, 0.25) is 5.88 Å². The molecule has 0 atom stereocenters. The summed E-state index contributed by atoms with van der Waals surface area (Å²) < 4.78 is 37.2. The minimum atomic E-state index is -4.23.